The third-order valence-corrected chi connectivity index (χ3v) is 4.67. The number of carbonyl (C=O) groups excluding carboxylic acids is 1. The zero-order valence-corrected chi connectivity index (χ0v) is 14.2. The molecule has 0 aliphatic rings. The second kappa shape index (κ2) is 7.40. The maximum absolute atomic E-state index is 10.4. The summed E-state index contributed by atoms with van der Waals surface area (Å²) in [5.41, 5.74) is 6.89. The van der Waals surface area contributed by atoms with E-state index in [1.807, 2.05) is 0 Å². The Morgan fingerprint density at radius 2 is 1.50 bits per heavy atom. The number of rotatable bonds is 6. The Balaban J connectivity index is 2.38. The molecule has 0 amide bonds. The molecular weight excluding hydrogens is 268 g/mol. The summed E-state index contributed by atoms with van der Waals surface area (Å²) in [5.74, 6) is 0. The first-order valence-electron chi connectivity index (χ1n) is 8.17. The van der Waals surface area contributed by atoms with Gasteiger partial charge in [0.25, 0.3) is 0 Å². The van der Waals surface area contributed by atoms with Crippen molar-refractivity contribution in [1.29, 1.82) is 0 Å². The molecular formula is C21H26O. The van der Waals surface area contributed by atoms with Crippen molar-refractivity contribution in [2.75, 3.05) is 0 Å². The molecule has 0 unspecified atom stereocenters. The summed E-state index contributed by atoms with van der Waals surface area (Å²) in [6, 6.07) is 8.67. The van der Waals surface area contributed by atoms with E-state index in [0.29, 0.717) is 6.42 Å². The van der Waals surface area contributed by atoms with E-state index >= 15 is 0 Å². The molecule has 2 rings (SSSR count). The number of carbonyl (C=O) groups is 1. The highest BCUT2D eigenvalue weighted by atomic mass is 16.1. The van der Waals surface area contributed by atoms with Crippen LogP contribution in [-0.4, -0.2) is 6.29 Å². The van der Waals surface area contributed by atoms with E-state index in [2.05, 4.69) is 58.0 Å². The predicted octanol–water partition coefficient (Wildman–Crippen LogP) is 5.93. The van der Waals surface area contributed by atoms with E-state index in [1.165, 1.54) is 38.6 Å². The Bertz CT molecular complexity index is 707. The smallest absolute Gasteiger partial charge is 0.119 e. The van der Waals surface area contributed by atoms with Crippen LogP contribution in [0.3, 0.4) is 0 Å². The minimum absolute atomic E-state index is 0.681. The molecule has 2 aromatic rings. The van der Waals surface area contributed by atoms with Gasteiger partial charge in [0, 0.05) is 6.42 Å². The van der Waals surface area contributed by atoms with Gasteiger partial charge in [-0.15, -0.1) is 0 Å². The number of allylic oxidation sites excluding steroid dienone is 2. The van der Waals surface area contributed by atoms with Gasteiger partial charge in [-0.1, -0.05) is 30.3 Å². The monoisotopic (exact) mass is 294 g/mol. The molecule has 0 spiro atoms. The average molecular weight is 294 g/mol. The first kappa shape index (κ1) is 16.5. The van der Waals surface area contributed by atoms with Crippen molar-refractivity contribution < 1.29 is 4.79 Å². The lowest BCUT2D eigenvalue weighted by molar-refractivity contribution is -0.107. The van der Waals surface area contributed by atoms with E-state index in [-0.39, 0.29) is 0 Å². The van der Waals surface area contributed by atoms with Crippen molar-refractivity contribution in [3.05, 3.63) is 52.6 Å². The second-order valence-electron chi connectivity index (χ2n) is 6.13. The summed E-state index contributed by atoms with van der Waals surface area (Å²) in [4.78, 5) is 10.4. The van der Waals surface area contributed by atoms with E-state index < -0.39 is 0 Å². The number of hydrogen-bond donors (Lipinski definition) is 0. The standard InChI is InChI=1S/C21H26O/c1-15(11-7-5-6-10-14-22)21-17(3)16(2)19-12-8-9-13-20(19)18(21)4/h8-9,11-14H,5-7,10H2,1-4H3/b15-11+. The number of fused-ring (bicyclic) bond motifs is 1. The van der Waals surface area contributed by atoms with Crippen LogP contribution in [0, 0.1) is 20.8 Å². The molecule has 116 valence electrons. The van der Waals surface area contributed by atoms with Crippen LogP contribution in [0.1, 0.15) is 54.9 Å². The first-order chi connectivity index (χ1) is 10.6. The van der Waals surface area contributed by atoms with Gasteiger partial charge in [0.2, 0.25) is 0 Å². The molecule has 1 nitrogen and oxygen atoms in total. The van der Waals surface area contributed by atoms with Crippen LogP contribution in [0.15, 0.2) is 30.3 Å². The number of aldehydes is 1. The number of benzene rings is 2. The van der Waals surface area contributed by atoms with E-state index in [1.54, 1.807) is 0 Å². The van der Waals surface area contributed by atoms with Crippen LogP contribution >= 0.6 is 0 Å². The SMILES string of the molecule is C/C(=C\CCCCC=O)c1c(C)c(C)c2ccccc2c1C. The fraction of sp³-hybridized carbons (Fsp3) is 0.381. The number of aryl methyl sites for hydroxylation is 2. The van der Waals surface area contributed by atoms with Crippen LogP contribution in [0.25, 0.3) is 16.3 Å². The molecule has 22 heavy (non-hydrogen) atoms. The zero-order chi connectivity index (χ0) is 16.1. The molecule has 0 N–H and O–H groups in total. The normalized spacial score (nSPS) is 11.9. The molecule has 0 heterocycles. The molecule has 0 saturated heterocycles. The third-order valence-electron chi connectivity index (χ3n) is 4.67. The van der Waals surface area contributed by atoms with Crippen LogP contribution in [-0.2, 0) is 4.79 Å². The van der Waals surface area contributed by atoms with Gasteiger partial charge in [-0.2, -0.15) is 0 Å². The molecule has 0 saturated carbocycles. The van der Waals surface area contributed by atoms with Crippen LogP contribution in [0.2, 0.25) is 0 Å². The minimum atomic E-state index is 0.681. The summed E-state index contributed by atoms with van der Waals surface area (Å²) in [6.07, 6.45) is 7.14. The summed E-state index contributed by atoms with van der Waals surface area (Å²) in [5, 5.41) is 2.72. The molecule has 1 heteroatoms. The van der Waals surface area contributed by atoms with E-state index in [0.717, 1.165) is 25.5 Å². The molecule has 0 fully saturated rings. The number of hydrogen-bond acceptors (Lipinski definition) is 1. The highest BCUT2D eigenvalue weighted by Gasteiger charge is 2.12. The lowest BCUT2D eigenvalue weighted by atomic mass is 9.87. The van der Waals surface area contributed by atoms with Crippen molar-refractivity contribution in [3.63, 3.8) is 0 Å². The summed E-state index contributed by atoms with van der Waals surface area (Å²) in [7, 11) is 0. The van der Waals surface area contributed by atoms with Gasteiger partial charge < -0.3 is 4.79 Å². The molecule has 0 atom stereocenters. The fourth-order valence-corrected chi connectivity index (χ4v) is 3.33. The van der Waals surface area contributed by atoms with Gasteiger partial charge in [0.1, 0.15) is 6.29 Å². The van der Waals surface area contributed by atoms with Crippen molar-refractivity contribution in [2.45, 2.75) is 53.4 Å². The van der Waals surface area contributed by atoms with Gasteiger partial charge in [-0.3, -0.25) is 0 Å². The highest BCUT2D eigenvalue weighted by molar-refractivity contribution is 5.94. The Labute approximate surface area is 134 Å². The molecule has 0 bridgehead atoms. The average Bonchev–Trinajstić information content (AvgIpc) is 2.53. The van der Waals surface area contributed by atoms with Gasteiger partial charge in [-0.05, 0) is 85.6 Å². The van der Waals surface area contributed by atoms with Crippen molar-refractivity contribution >= 4 is 22.6 Å². The topological polar surface area (TPSA) is 17.1 Å². The summed E-state index contributed by atoms with van der Waals surface area (Å²) in [6.45, 7) is 8.89. The highest BCUT2D eigenvalue weighted by Crippen LogP contribution is 2.33. The molecule has 0 aliphatic carbocycles. The van der Waals surface area contributed by atoms with E-state index in [4.69, 9.17) is 0 Å². The van der Waals surface area contributed by atoms with Crippen LogP contribution in [0.4, 0.5) is 0 Å². The van der Waals surface area contributed by atoms with Gasteiger partial charge in [0.15, 0.2) is 0 Å². The van der Waals surface area contributed by atoms with Gasteiger partial charge in [-0.25, -0.2) is 0 Å². The summed E-state index contributed by atoms with van der Waals surface area (Å²) >= 11 is 0. The Morgan fingerprint density at radius 3 is 2.14 bits per heavy atom. The lowest BCUT2D eigenvalue weighted by Gasteiger charge is -2.17. The van der Waals surface area contributed by atoms with Crippen LogP contribution in [0.5, 0.6) is 0 Å². The van der Waals surface area contributed by atoms with Crippen molar-refractivity contribution in [2.24, 2.45) is 0 Å². The molecule has 0 aromatic heterocycles. The first-order valence-corrected chi connectivity index (χ1v) is 8.17. The Kier molecular flexibility index (Phi) is 5.54. The second-order valence-corrected chi connectivity index (χ2v) is 6.13. The third kappa shape index (κ3) is 3.30. The lowest BCUT2D eigenvalue weighted by Crippen LogP contribution is -1.97. The minimum Gasteiger partial charge on any atom is -0.303 e. The largest absolute Gasteiger partial charge is 0.303 e. The van der Waals surface area contributed by atoms with E-state index in [9.17, 15) is 4.79 Å². The quantitative estimate of drug-likeness (QED) is 0.477. The maximum atomic E-state index is 10.4. The summed E-state index contributed by atoms with van der Waals surface area (Å²) < 4.78 is 0. The van der Waals surface area contributed by atoms with Crippen molar-refractivity contribution in [3.8, 4) is 0 Å². The zero-order valence-electron chi connectivity index (χ0n) is 14.2. The molecule has 2 aromatic carbocycles. The molecule has 0 radical (unpaired) electrons. The Morgan fingerprint density at radius 1 is 0.909 bits per heavy atom. The number of unbranched alkanes of at least 4 members (excludes halogenated alkanes) is 3. The van der Waals surface area contributed by atoms with Crippen LogP contribution < -0.4 is 0 Å². The maximum Gasteiger partial charge on any atom is 0.119 e. The molecule has 0 aliphatic heterocycles. The van der Waals surface area contributed by atoms with Gasteiger partial charge >= 0.3 is 0 Å². The predicted molar refractivity (Wildman–Crippen MR) is 96.3 cm³/mol. The van der Waals surface area contributed by atoms with Gasteiger partial charge in [0.05, 0.1) is 0 Å². The fourth-order valence-electron chi connectivity index (χ4n) is 3.33. The Hall–Kier alpha value is -1.89. The van der Waals surface area contributed by atoms with Crippen molar-refractivity contribution in [1.82, 2.24) is 0 Å².